The number of methoxy groups -OCH3 is 1. The summed E-state index contributed by atoms with van der Waals surface area (Å²) >= 11 is 0. The van der Waals surface area contributed by atoms with E-state index in [1.54, 1.807) is 0 Å². The molecule has 0 atom stereocenters. The van der Waals surface area contributed by atoms with Crippen molar-refractivity contribution in [3.05, 3.63) is 35.6 Å². The van der Waals surface area contributed by atoms with Crippen LogP contribution in [0.3, 0.4) is 0 Å². The molecule has 0 spiro atoms. The first-order valence-corrected chi connectivity index (χ1v) is 3.53. The average molecular weight is 200 g/mol. The Morgan fingerprint density at radius 1 is 1.21 bits per heavy atom. The quantitative estimate of drug-likeness (QED) is 0.393. The number of hydrogen-bond acceptors (Lipinski definition) is 3. The van der Waals surface area contributed by atoms with Crippen molar-refractivity contribution >= 4 is 11.8 Å². The van der Waals surface area contributed by atoms with E-state index < -0.39 is 17.6 Å². The van der Waals surface area contributed by atoms with Crippen molar-refractivity contribution in [3.8, 4) is 0 Å². The third-order valence-corrected chi connectivity index (χ3v) is 1.48. The van der Waals surface area contributed by atoms with E-state index in [0.717, 1.165) is 19.2 Å². The minimum absolute atomic E-state index is 0. The second-order valence-electron chi connectivity index (χ2n) is 2.33. The van der Waals surface area contributed by atoms with Crippen molar-refractivity contribution in [2.45, 2.75) is 0 Å². The van der Waals surface area contributed by atoms with Gasteiger partial charge in [0, 0.05) is 5.56 Å². The number of esters is 1. The molecule has 0 saturated heterocycles. The average Bonchev–Trinajstić information content (AvgIpc) is 2.17. The van der Waals surface area contributed by atoms with Crippen molar-refractivity contribution in [2.75, 3.05) is 7.11 Å². The van der Waals surface area contributed by atoms with Crippen molar-refractivity contribution < 1.29 is 24.2 Å². The summed E-state index contributed by atoms with van der Waals surface area (Å²) in [5.74, 6) is -2.18. The molecule has 14 heavy (non-hydrogen) atoms. The van der Waals surface area contributed by atoms with Gasteiger partial charge in [-0.25, -0.2) is 9.18 Å². The molecule has 1 aromatic rings. The van der Waals surface area contributed by atoms with Gasteiger partial charge in [0.2, 0.25) is 0 Å². The van der Waals surface area contributed by atoms with E-state index in [2.05, 4.69) is 4.74 Å². The van der Waals surface area contributed by atoms with Crippen LogP contribution in [0, 0.1) is 5.82 Å². The smallest absolute Gasteiger partial charge is 0.379 e. The largest absolute Gasteiger partial charge is 0.463 e. The third-order valence-electron chi connectivity index (χ3n) is 1.48. The van der Waals surface area contributed by atoms with Gasteiger partial charge < -0.3 is 10.2 Å². The molecule has 2 N–H and O–H groups in total. The molecule has 0 heterocycles. The number of ether oxygens (including phenoxy) is 1. The zero-order chi connectivity index (χ0) is 9.84. The lowest BCUT2D eigenvalue weighted by molar-refractivity contribution is -0.135. The lowest BCUT2D eigenvalue weighted by atomic mass is 10.1. The number of carbonyl (C=O) groups is 2. The zero-order valence-corrected chi connectivity index (χ0v) is 7.41. The Hall–Kier alpha value is -1.75. The lowest BCUT2D eigenvalue weighted by Gasteiger charge is -1.97. The topological polar surface area (TPSA) is 74.9 Å². The zero-order valence-electron chi connectivity index (χ0n) is 7.41. The van der Waals surface area contributed by atoms with Crippen LogP contribution in [-0.2, 0) is 9.53 Å². The highest BCUT2D eigenvalue weighted by Gasteiger charge is 2.15. The van der Waals surface area contributed by atoms with Gasteiger partial charge in [-0.05, 0) is 24.3 Å². The van der Waals surface area contributed by atoms with Crippen LogP contribution in [0.25, 0.3) is 0 Å². The summed E-state index contributed by atoms with van der Waals surface area (Å²) in [6.45, 7) is 0. The van der Waals surface area contributed by atoms with E-state index in [0.29, 0.717) is 0 Å². The first kappa shape index (κ1) is 12.2. The fraction of sp³-hybridized carbons (Fsp3) is 0.111. The molecule has 1 rings (SSSR count). The van der Waals surface area contributed by atoms with Crippen LogP contribution in [0.15, 0.2) is 24.3 Å². The second-order valence-corrected chi connectivity index (χ2v) is 2.33. The van der Waals surface area contributed by atoms with Crippen molar-refractivity contribution in [3.63, 3.8) is 0 Å². The van der Waals surface area contributed by atoms with Crippen LogP contribution in [-0.4, -0.2) is 24.3 Å². The van der Waals surface area contributed by atoms with Crippen LogP contribution >= 0.6 is 0 Å². The Morgan fingerprint density at radius 3 is 2.14 bits per heavy atom. The van der Waals surface area contributed by atoms with Gasteiger partial charge in [0.1, 0.15) is 5.82 Å². The maximum Gasteiger partial charge on any atom is 0.379 e. The Bertz CT molecular complexity index is 331. The SMILES string of the molecule is COC(=O)C(=O)c1ccc(F)cc1.O. The number of hydrogen-bond donors (Lipinski definition) is 0. The van der Waals surface area contributed by atoms with E-state index in [4.69, 9.17) is 0 Å². The molecule has 0 aliphatic carbocycles. The van der Waals surface area contributed by atoms with E-state index in [9.17, 15) is 14.0 Å². The predicted octanol–water partition coefficient (Wildman–Crippen LogP) is 0.357. The highest BCUT2D eigenvalue weighted by atomic mass is 19.1. The van der Waals surface area contributed by atoms with Gasteiger partial charge in [-0.2, -0.15) is 0 Å². The molecule has 0 aliphatic heterocycles. The van der Waals surface area contributed by atoms with Crippen LogP contribution in [0.4, 0.5) is 4.39 Å². The predicted molar refractivity (Wildman–Crippen MR) is 46.4 cm³/mol. The van der Waals surface area contributed by atoms with Gasteiger partial charge in [0.05, 0.1) is 7.11 Å². The van der Waals surface area contributed by atoms with E-state index in [1.165, 1.54) is 12.1 Å². The molecule has 5 heteroatoms. The first-order valence-electron chi connectivity index (χ1n) is 3.53. The number of Topliss-reactive ketones (excluding diaryl/α,β-unsaturated/α-hetero) is 1. The first-order chi connectivity index (χ1) is 6.15. The third kappa shape index (κ3) is 2.63. The monoisotopic (exact) mass is 200 g/mol. The molecular weight excluding hydrogens is 191 g/mol. The number of carbonyl (C=O) groups excluding carboxylic acids is 2. The summed E-state index contributed by atoms with van der Waals surface area (Å²) in [7, 11) is 1.11. The minimum atomic E-state index is -0.952. The maximum atomic E-state index is 12.4. The lowest BCUT2D eigenvalue weighted by Crippen LogP contribution is -2.15. The second kappa shape index (κ2) is 5.08. The molecule has 0 bridgehead atoms. The van der Waals surface area contributed by atoms with Gasteiger partial charge in [-0.3, -0.25) is 4.79 Å². The molecule has 4 nitrogen and oxygen atoms in total. The highest BCUT2D eigenvalue weighted by molar-refractivity contribution is 6.40. The molecule has 0 aromatic heterocycles. The molecule has 0 amide bonds. The molecule has 0 saturated carbocycles. The van der Waals surface area contributed by atoms with Crippen molar-refractivity contribution in [2.24, 2.45) is 0 Å². The Labute approximate surface area is 79.6 Å². The van der Waals surface area contributed by atoms with E-state index >= 15 is 0 Å². The van der Waals surface area contributed by atoms with Crippen molar-refractivity contribution in [1.29, 1.82) is 0 Å². The molecule has 0 aliphatic rings. The maximum absolute atomic E-state index is 12.4. The molecule has 1 aromatic carbocycles. The van der Waals surface area contributed by atoms with Gasteiger partial charge in [0.25, 0.3) is 5.78 Å². The number of benzene rings is 1. The molecule has 0 radical (unpaired) electrons. The van der Waals surface area contributed by atoms with Gasteiger partial charge in [-0.15, -0.1) is 0 Å². The Morgan fingerprint density at radius 2 is 1.71 bits per heavy atom. The van der Waals surface area contributed by atoms with Gasteiger partial charge in [-0.1, -0.05) is 0 Å². The molecule has 76 valence electrons. The summed E-state index contributed by atoms with van der Waals surface area (Å²) in [6.07, 6.45) is 0. The van der Waals surface area contributed by atoms with Crippen molar-refractivity contribution in [1.82, 2.24) is 0 Å². The van der Waals surface area contributed by atoms with Crippen LogP contribution in [0.5, 0.6) is 0 Å². The fourth-order valence-corrected chi connectivity index (χ4v) is 0.812. The molecule has 0 unspecified atom stereocenters. The molecule has 0 fully saturated rings. The van der Waals surface area contributed by atoms with E-state index in [-0.39, 0.29) is 11.0 Å². The summed E-state index contributed by atoms with van der Waals surface area (Å²) in [6, 6.07) is 4.68. The fourth-order valence-electron chi connectivity index (χ4n) is 0.812. The van der Waals surface area contributed by atoms with Crippen LogP contribution in [0.1, 0.15) is 10.4 Å². The van der Waals surface area contributed by atoms with Crippen LogP contribution < -0.4 is 0 Å². The van der Waals surface area contributed by atoms with Gasteiger partial charge in [0.15, 0.2) is 0 Å². The summed E-state index contributed by atoms with van der Waals surface area (Å²) in [5, 5.41) is 0. The summed E-state index contributed by atoms with van der Waals surface area (Å²) < 4.78 is 16.6. The normalized spacial score (nSPS) is 8.71. The standard InChI is InChI=1S/C9H7FO3.H2O/c1-13-9(12)8(11)6-2-4-7(10)5-3-6;/h2-5H,1H3;1H2. The number of rotatable bonds is 2. The number of halogens is 1. The highest BCUT2D eigenvalue weighted by Crippen LogP contribution is 2.04. The van der Waals surface area contributed by atoms with Gasteiger partial charge >= 0.3 is 5.97 Å². The minimum Gasteiger partial charge on any atom is -0.463 e. The van der Waals surface area contributed by atoms with E-state index in [1.807, 2.05) is 0 Å². The Kier molecular flexibility index (Phi) is 4.45. The Balaban J connectivity index is 0.00000169. The summed E-state index contributed by atoms with van der Waals surface area (Å²) in [5.41, 5.74) is 0.119. The van der Waals surface area contributed by atoms with Crippen LogP contribution in [0.2, 0.25) is 0 Å². The number of ketones is 1. The molecular formula is C9H9FO4. The summed E-state index contributed by atoms with van der Waals surface area (Å²) in [4.78, 5) is 21.8.